The van der Waals surface area contributed by atoms with E-state index >= 15 is 0 Å². The van der Waals surface area contributed by atoms with E-state index in [-0.39, 0.29) is 6.04 Å². The molecule has 0 radical (unpaired) electrons. The van der Waals surface area contributed by atoms with Gasteiger partial charge in [0.05, 0.1) is 13.2 Å². The van der Waals surface area contributed by atoms with Crippen molar-refractivity contribution in [3.8, 4) is 0 Å². The Morgan fingerprint density at radius 1 is 1.73 bits per heavy atom. The summed E-state index contributed by atoms with van der Waals surface area (Å²) >= 11 is 5.08. The van der Waals surface area contributed by atoms with Crippen LogP contribution in [0.15, 0.2) is 6.33 Å². The number of nitrogens with one attached hydrogen (secondary N) is 3. The van der Waals surface area contributed by atoms with Crippen LogP contribution in [-0.2, 0) is 11.3 Å². The highest BCUT2D eigenvalue weighted by atomic mass is 32.1. The maximum atomic E-state index is 5.08. The lowest BCUT2D eigenvalue weighted by Crippen LogP contribution is -2.42. The third-order valence-electron chi connectivity index (χ3n) is 1.68. The first-order chi connectivity index (χ1) is 7.22. The van der Waals surface area contributed by atoms with Crippen molar-refractivity contribution in [1.82, 2.24) is 25.8 Å². The molecule has 1 atom stereocenters. The highest BCUT2D eigenvalue weighted by Crippen LogP contribution is 1.86. The molecule has 0 aliphatic carbocycles. The molecular formula is C8H15N5OS. The SMILES string of the molecule is COCC(C)NC(=S)NCc1ncn[nH]1. The topological polar surface area (TPSA) is 74.9 Å². The number of aromatic nitrogens is 3. The molecule has 3 N–H and O–H groups in total. The van der Waals surface area contributed by atoms with E-state index in [4.69, 9.17) is 17.0 Å². The summed E-state index contributed by atoms with van der Waals surface area (Å²) in [5, 5.41) is 13.1. The number of ether oxygens (including phenoxy) is 1. The molecule has 0 spiro atoms. The van der Waals surface area contributed by atoms with Crippen LogP contribution in [0.3, 0.4) is 0 Å². The molecule has 0 bridgehead atoms. The maximum Gasteiger partial charge on any atom is 0.166 e. The molecule has 0 aromatic carbocycles. The first-order valence-electron chi connectivity index (χ1n) is 4.60. The number of thiocarbonyl (C=S) groups is 1. The number of rotatable bonds is 5. The van der Waals surface area contributed by atoms with Crippen LogP contribution in [-0.4, -0.2) is 40.1 Å². The number of H-pyrrole nitrogens is 1. The average Bonchev–Trinajstić information content (AvgIpc) is 2.67. The number of methoxy groups -OCH3 is 1. The second-order valence-corrected chi connectivity index (χ2v) is 3.52. The molecule has 1 aromatic heterocycles. The van der Waals surface area contributed by atoms with Gasteiger partial charge in [0.2, 0.25) is 0 Å². The lowest BCUT2D eigenvalue weighted by molar-refractivity contribution is 0.179. The van der Waals surface area contributed by atoms with Crippen molar-refractivity contribution in [2.24, 2.45) is 0 Å². The highest BCUT2D eigenvalue weighted by Gasteiger charge is 2.03. The fourth-order valence-electron chi connectivity index (χ4n) is 1.05. The Labute approximate surface area is 93.8 Å². The molecule has 0 saturated heterocycles. The van der Waals surface area contributed by atoms with Crippen molar-refractivity contribution in [3.63, 3.8) is 0 Å². The zero-order valence-electron chi connectivity index (χ0n) is 8.78. The molecule has 1 aromatic rings. The second kappa shape index (κ2) is 6.31. The van der Waals surface area contributed by atoms with E-state index in [9.17, 15) is 0 Å². The van der Waals surface area contributed by atoms with Gasteiger partial charge in [-0.2, -0.15) is 5.10 Å². The van der Waals surface area contributed by atoms with Gasteiger partial charge in [0.15, 0.2) is 5.11 Å². The van der Waals surface area contributed by atoms with Crippen molar-refractivity contribution in [3.05, 3.63) is 12.2 Å². The van der Waals surface area contributed by atoms with Gasteiger partial charge in [0, 0.05) is 13.2 Å². The zero-order chi connectivity index (χ0) is 11.1. The largest absolute Gasteiger partial charge is 0.383 e. The Balaban J connectivity index is 2.19. The number of hydrogen-bond acceptors (Lipinski definition) is 4. The molecule has 6 nitrogen and oxygen atoms in total. The molecule has 7 heteroatoms. The number of aromatic amines is 1. The normalized spacial score (nSPS) is 12.1. The summed E-state index contributed by atoms with van der Waals surface area (Å²) in [5.41, 5.74) is 0. The summed E-state index contributed by atoms with van der Waals surface area (Å²) in [6.07, 6.45) is 1.46. The lowest BCUT2D eigenvalue weighted by Gasteiger charge is -2.15. The Bertz CT molecular complexity index is 289. The quantitative estimate of drug-likeness (QED) is 0.607. The van der Waals surface area contributed by atoms with Crippen LogP contribution in [0.5, 0.6) is 0 Å². The van der Waals surface area contributed by atoms with Crippen LogP contribution >= 0.6 is 12.2 Å². The first kappa shape index (κ1) is 11.9. The van der Waals surface area contributed by atoms with Gasteiger partial charge in [-0.25, -0.2) is 4.98 Å². The van der Waals surface area contributed by atoms with Crippen molar-refractivity contribution in [2.45, 2.75) is 19.5 Å². The monoisotopic (exact) mass is 229 g/mol. The molecule has 0 aliphatic rings. The van der Waals surface area contributed by atoms with Crippen molar-refractivity contribution in [1.29, 1.82) is 0 Å². The van der Waals surface area contributed by atoms with Gasteiger partial charge in [-0.05, 0) is 19.1 Å². The van der Waals surface area contributed by atoms with Gasteiger partial charge in [-0.1, -0.05) is 0 Å². The van der Waals surface area contributed by atoms with E-state index < -0.39 is 0 Å². The first-order valence-corrected chi connectivity index (χ1v) is 5.00. The second-order valence-electron chi connectivity index (χ2n) is 3.12. The molecule has 0 amide bonds. The molecule has 1 rings (SSSR count). The lowest BCUT2D eigenvalue weighted by atomic mass is 10.4. The molecule has 15 heavy (non-hydrogen) atoms. The minimum Gasteiger partial charge on any atom is -0.383 e. The fourth-order valence-corrected chi connectivity index (χ4v) is 1.32. The summed E-state index contributed by atoms with van der Waals surface area (Å²) in [4.78, 5) is 3.96. The predicted octanol–water partition coefficient (Wildman–Crippen LogP) is -0.196. The predicted molar refractivity (Wildman–Crippen MR) is 60.3 cm³/mol. The van der Waals surface area contributed by atoms with Crippen LogP contribution in [0.2, 0.25) is 0 Å². The van der Waals surface area contributed by atoms with Crippen molar-refractivity contribution >= 4 is 17.3 Å². The minimum absolute atomic E-state index is 0.185. The third-order valence-corrected chi connectivity index (χ3v) is 1.94. The molecule has 0 saturated carbocycles. The van der Waals surface area contributed by atoms with Crippen LogP contribution in [0, 0.1) is 0 Å². The number of hydrogen-bond donors (Lipinski definition) is 3. The van der Waals surface area contributed by atoms with Gasteiger partial charge in [0.1, 0.15) is 12.2 Å². The Morgan fingerprint density at radius 2 is 2.53 bits per heavy atom. The summed E-state index contributed by atoms with van der Waals surface area (Å²) < 4.78 is 4.98. The Kier molecular flexibility index (Phi) is 4.99. The Hall–Kier alpha value is -1.21. The van der Waals surface area contributed by atoms with Gasteiger partial charge in [-0.15, -0.1) is 0 Å². The van der Waals surface area contributed by atoms with Gasteiger partial charge >= 0.3 is 0 Å². The maximum absolute atomic E-state index is 5.08. The van der Waals surface area contributed by atoms with E-state index in [0.717, 1.165) is 5.82 Å². The van der Waals surface area contributed by atoms with Crippen LogP contribution in [0.25, 0.3) is 0 Å². The fraction of sp³-hybridized carbons (Fsp3) is 0.625. The Morgan fingerprint density at radius 3 is 3.13 bits per heavy atom. The van der Waals surface area contributed by atoms with Crippen LogP contribution in [0.4, 0.5) is 0 Å². The molecule has 0 aliphatic heterocycles. The van der Waals surface area contributed by atoms with Crippen molar-refractivity contribution < 1.29 is 4.74 Å². The highest BCUT2D eigenvalue weighted by molar-refractivity contribution is 7.80. The molecule has 1 unspecified atom stereocenters. The summed E-state index contributed by atoms with van der Waals surface area (Å²) in [5.74, 6) is 0.749. The smallest absolute Gasteiger partial charge is 0.166 e. The minimum atomic E-state index is 0.185. The van der Waals surface area contributed by atoms with E-state index in [1.165, 1.54) is 6.33 Å². The van der Waals surface area contributed by atoms with Crippen LogP contribution < -0.4 is 10.6 Å². The summed E-state index contributed by atoms with van der Waals surface area (Å²) in [6, 6.07) is 0.185. The van der Waals surface area contributed by atoms with E-state index in [1.807, 2.05) is 6.92 Å². The van der Waals surface area contributed by atoms with E-state index in [2.05, 4.69) is 25.8 Å². The van der Waals surface area contributed by atoms with Gasteiger partial charge in [-0.3, -0.25) is 5.10 Å². The molecule has 0 fully saturated rings. The van der Waals surface area contributed by atoms with E-state index in [0.29, 0.717) is 18.3 Å². The molecular weight excluding hydrogens is 214 g/mol. The van der Waals surface area contributed by atoms with Crippen molar-refractivity contribution in [2.75, 3.05) is 13.7 Å². The van der Waals surface area contributed by atoms with Gasteiger partial charge in [0.25, 0.3) is 0 Å². The van der Waals surface area contributed by atoms with Gasteiger partial charge < -0.3 is 15.4 Å². The zero-order valence-corrected chi connectivity index (χ0v) is 9.60. The van der Waals surface area contributed by atoms with E-state index in [1.54, 1.807) is 7.11 Å². The standard InChI is InChI=1S/C8H15N5OS/c1-6(4-14-2)12-8(15)9-3-7-10-5-11-13-7/h5-6H,3-4H2,1-2H3,(H2,9,12,15)(H,10,11,13). The third kappa shape index (κ3) is 4.71. The van der Waals surface area contributed by atoms with Crippen LogP contribution in [0.1, 0.15) is 12.7 Å². The molecule has 84 valence electrons. The molecule has 1 heterocycles. The summed E-state index contributed by atoms with van der Waals surface area (Å²) in [6.45, 7) is 3.14. The average molecular weight is 229 g/mol. The summed E-state index contributed by atoms with van der Waals surface area (Å²) in [7, 11) is 1.66. The number of nitrogens with zero attached hydrogens (tertiary/aromatic N) is 2.